The molecule has 1 amide bonds. The van der Waals surface area contributed by atoms with Gasteiger partial charge in [-0.1, -0.05) is 30.3 Å². The zero-order chi connectivity index (χ0) is 18.4. The van der Waals surface area contributed by atoms with Crippen molar-refractivity contribution >= 4 is 11.6 Å². The van der Waals surface area contributed by atoms with E-state index in [1.165, 1.54) is 28.9 Å². The number of hydrogen-bond acceptors (Lipinski definition) is 4. The highest BCUT2D eigenvalue weighted by Gasteiger charge is 2.14. The zero-order valence-corrected chi connectivity index (χ0v) is 13.5. The van der Waals surface area contributed by atoms with Gasteiger partial charge in [-0.3, -0.25) is 4.79 Å². The van der Waals surface area contributed by atoms with Crippen LogP contribution in [0.4, 0.5) is 14.5 Å². The summed E-state index contributed by atoms with van der Waals surface area (Å²) in [6.07, 6.45) is 1.58. The molecule has 0 aliphatic rings. The van der Waals surface area contributed by atoms with Crippen LogP contribution in [-0.4, -0.2) is 22.3 Å². The predicted molar refractivity (Wildman–Crippen MR) is 90.3 cm³/mol. The van der Waals surface area contributed by atoms with Gasteiger partial charge in [0, 0.05) is 6.20 Å². The number of nitrogens with zero attached hydrogens (tertiary/aromatic N) is 2. The number of alkyl halides is 2. The second-order valence-electron chi connectivity index (χ2n) is 5.16. The van der Waals surface area contributed by atoms with Crippen LogP contribution < -0.4 is 14.8 Å². The van der Waals surface area contributed by atoms with Crippen molar-refractivity contribution in [3.63, 3.8) is 0 Å². The minimum atomic E-state index is -2.98. The van der Waals surface area contributed by atoms with Crippen molar-refractivity contribution < 1.29 is 23.0 Å². The summed E-state index contributed by atoms with van der Waals surface area (Å²) in [5.41, 5.74) is 0.251. The van der Waals surface area contributed by atoms with Crippen LogP contribution in [0.1, 0.15) is 10.5 Å². The lowest BCUT2D eigenvalue weighted by molar-refractivity contribution is -0.0493. The number of hydrogen-bond donors (Lipinski definition) is 1. The third kappa shape index (κ3) is 4.56. The van der Waals surface area contributed by atoms with Crippen LogP contribution in [-0.2, 0) is 6.73 Å². The Morgan fingerprint density at radius 2 is 1.81 bits per heavy atom. The first kappa shape index (κ1) is 17.4. The molecule has 0 saturated carbocycles. The van der Waals surface area contributed by atoms with Gasteiger partial charge in [-0.2, -0.15) is 13.9 Å². The number of para-hydroxylation sites is 3. The molecule has 8 heteroatoms. The van der Waals surface area contributed by atoms with Crippen molar-refractivity contribution in [2.45, 2.75) is 13.3 Å². The molecule has 0 aliphatic carbocycles. The lowest BCUT2D eigenvalue weighted by atomic mass is 10.3. The Morgan fingerprint density at radius 3 is 2.58 bits per heavy atom. The first-order chi connectivity index (χ1) is 12.6. The summed E-state index contributed by atoms with van der Waals surface area (Å²) in [6.45, 7) is -2.86. The number of amides is 1. The number of ether oxygens (including phenoxy) is 2. The molecule has 0 spiro atoms. The monoisotopic (exact) mass is 359 g/mol. The topological polar surface area (TPSA) is 65.4 Å². The molecular weight excluding hydrogens is 344 g/mol. The number of halogens is 2. The van der Waals surface area contributed by atoms with Crippen LogP contribution in [0, 0.1) is 0 Å². The molecule has 0 atom stereocenters. The largest absolute Gasteiger partial charge is 0.471 e. The van der Waals surface area contributed by atoms with E-state index < -0.39 is 12.5 Å². The number of aromatic nitrogens is 2. The summed E-state index contributed by atoms with van der Waals surface area (Å²) < 4.78 is 36.2. The van der Waals surface area contributed by atoms with Crippen molar-refractivity contribution in [2.24, 2.45) is 0 Å². The smallest absolute Gasteiger partial charge is 0.387 e. The summed E-state index contributed by atoms with van der Waals surface area (Å²) in [5, 5.41) is 6.61. The van der Waals surface area contributed by atoms with Gasteiger partial charge in [0.15, 0.2) is 12.4 Å². The first-order valence-electron chi connectivity index (χ1n) is 7.68. The Hall–Kier alpha value is -3.42. The van der Waals surface area contributed by atoms with Crippen molar-refractivity contribution in [3.05, 3.63) is 72.6 Å². The Morgan fingerprint density at radius 1 is 1.08 bits per heavy atom. The van der Waals surface area contributed by atoms with E-state index in [2.05, 4.69) is 15.2 Å². The molecule has 1 N–H and O–H groups in total. The molecule has 0 bridgehead atoms. The van der Waals surface area contributed by atoms with Crippen LogP contribution in [0.2, 0.25) is 0 Å². The van der Waals surface area contributed by atoms with Gasteiger partial charge in [0.05, 0.1) is 5.69 Å². The van der Waals surface area contributed by atoms with E-state index in [1.807, 2.05) is 18.2 Å². The number of nitrogens with one attached hydrogen (secondary N) is 1. The van der Waals surface area contributed by atoms with Gasteiger partial charge in [0.25, 0.3) is 5.91 Å². The lowest BCUT2D eigenvalue weighted by Crippen LogP contribution is -2.15. The van der Waals surface area contributed by atoms with Crippen LogP contribution in [0.15, 0.2) is 66.9 Å². The summed E-state index contributed by atoms with van der Waals surface area (Å²) >= 11 is 0. The second kappa shape index (κ2) is 8.11. The summed E-state index contributed by atoms with van der Waals surface area (Å²) in [7, 11) is 0. The van der Waals surface area contributed by atoms with Gasteiger partial charge >= 0.3 is 6.61 Å². The van der Waals surface area contributed by atoms with Crippen molar-refractivity contribution in [1.29, 1.82) is 0 Å². The molecule has 3 rings (SSSR count). The maximum atomic E-state index is 12.4. The van der Waals surface area contributed by atoms with E-state index in [-0.39, 0.29) is 23.9 Å². The zero-order valence-electron chi connectivity index (χ0n) is 13.5. The fraction of sp³-hybridized carbons (Fsp3) is 0.111. The molecule has 26 heavy (non-hydrogen) atoms. The van der Waals surface area contributed by atoms with E-state index in [0.717, 1.165) is 0 Å². The van der Waals surface area contributed by atoms with Gasteiger partial charge in [-0.05, 0) is 30.3 Å². The van der Waals surface area contributed by atoms with E-state index >= 15 is 0 Å². The van der Waals surface area contributed by atoms with Crippen LogP contribution in [0.3, 0.4) is 0 Å². The third-order valence-corrected chi connectivity index (χ3v) is 3.33. The van der Waals surface area contributed by atoms with Crippen LogP contribution >= 0.6 is 0 Å². The molecule has 134 valence electrons. The molecular formula is C18H15F2N3O3. The average molecular weight is 359 g/mol. The lowest BCUT2D eigenvalue weighted by Gasteiger charge is -2.10. The summed E-state index contributed by atoms with van der Waals surface area (Å²) in [5.74, 6) is 0.00328. The molecule has 6 nitrogen and oxygen atoms in total. The quantitative estimate of drug-likeness (QED) is 0.697. The summed E-state index contributed by atoms with van der Waals surface area (Å²) in [6, 6.07) is 16.6. The van der Waals surface area contributed by atoms with Crippen molar-refractivity contribution in [2.75, 3.05) is 5.32 Å². The number of rotatable bonds is 7. The third-order valence-electron chi connectivity index (χ3n) is 3.33. The molecule has 0 radical (unpaired) electrons. The van der Waals surface area contributed by atoms with Crippen LogP contribution in [0.5, 0.6) is 11.5 Å². The first-order valence-corrected chi connectivity index (χ1v) is 7.68. The molecule has 1 heterocycles. The molecule has 0 fully saturated rings. The Kier molecular flexibility index (Phi) is 5.43. The minimum absolute atomic E-state index is 0.119. The van der Waals surface area contributed by atoms with E-state index in [4.69, 9.17) is 4.74 Å². The highest BCUT2D eigenvalue weighted by atomic mass is 19.3. The van der Waals surface area contributed by atoms with Crippen molar-refractivity contribution in [1.82, 2.24) is 9.78 Å². The van der Waals surface area contributed by atoms with E-state index in [1.54, 1.807) is 24.4 Å². The Balaban J connectivity index is 1.63. The highest BCUT2D eigenvalue weighted by Crippen LogP contribution is 2.25. The molecule has 0 unspecified atom stereocenters. The number of carbonyl (C=O) groups is 1. The Bertz CT molecular complexity index is 869. The average Bonchev–Trinajstić information content (AvgIpc) is 3.11. The number of benzene rings is 2. The molecule has 0 aliphatic heterocycles. The number of anilines is 1. The number of carbonyl (C=O) groups excluding carboxylic acids is 1. The van der Waals surface area contributed by atoms with Gasteiger partial charge in [-0.15, -0.1) is 0 Å². The van der Waals surface area contributed by atoms with Gasteiger partial charge in [0.1, 0.15) is 11.5 Å². The van der Waals surface area contributed by atoms with Gasteiger partial charge in [-0.25, -0.2) is 4.68 Å². The fourth-order valence-corrected chi connectivity index (χ4v) is 2.17. The Labute approximate surface area is 148 Å². The molecule has 1 aromatic heterocycles. The highest BCUT2D eigenvalue weighted by molar-refractivity contribution is 6.03. The van der Waals surface area contributed by atoms with Crippen molar-refractivity contribution in [3.8, 4) is 11.5 Å². The molecule has 3 aromatic rings. The van der Waals surface area contributed by atoms with Crippen LogP contribution in [0.25, 0.3) is 0 Å². The SMILES string of the molecule is O=C(Nc1ccccc1OC(F)F)c1ccn(COc2ccccc2)n1. The van der Waals surface area contributed by atoms with E-state index in [0.29, 0.717) is 5.75 Å². The van der Waals surface area contributed by atoms with Gasteiger partial charge in [0.2, 0.25) is 0 Å². The van der Waals surface area contributed by atoms with Gasteiger partial charge < -0.3 is 14.8 Å². The summed E-state index contributed by atoms with van der Waals surface area (Å²) in [4.78, 5) is 12.3. The van der Waals surface area contributed by atoms with E-state index in [9.17, 15) is 13.6 Å². The minimum Gasteiger partial charge on any atom is -0.471 e. The normalized spacial score (nSPS) is 10.6. The maximum Gasteiger partial charge on any atom is 0.387 e. The second-order valence-corrected chi connectivity index (χ2v) is 5.16. The maximum absolute atomic E-state index is 12.4. The molecule has 0 saturated heterocycles. The predicted octanol–water partition coefficient (Wildman–Crippen LogP) is 3.77. The standard InChI is InChI=1S/C18H15F2N3O3/c19-18(20)26-16-9-5-4-8-14(16)21-17(24)15-10-11-23(22-15)12-25-13-6-2-1-3-7-13/h1-11,18H,12H2,(H,21,24). The molecule has 2 aromatic carbocycles. The fourth-order valence-electron chi connectivity index (χ4n) is 2.17.